The molecule has 4 aliphatic rings. The summed E-state index contributed by atoms with van der Waals surface area (Å²) in [6.07, 6.45) is 5.85. The van der Waals surface area contributed by atoms with Crippen molar-refractivity contribution in [1.82, 2.24) is 17.2 Å². The van der Waals surface area contributed by atoms with Gasteiger partial charge >= 0.3 is 23.1 Å². The molecule has 386 valence electrons. The Morgan fingerprint density at radius 2 is 1.08 bits per heavy atom. The number of methoxy groups -OCH3 is 4. The fourth-order valence-electron chi connectivity index (χ4n) is 6.23. The summed E-state index contributed by atoms with van der Waals surface area (Å²) in [4.78, 5) is 0. The Balaban J connectivity index is -0.000000234. The number of ether oxygens (including phenoxy) is 4. The molecule has 0 radical (unpaired) electrons. The van der Waals surface area contributed by atoms with Crippen LogP contribution in [0, 0.1) is 7.43 Å². The first-order valence-electron chi connectivity index (χ1n) is 19.1. The third kappa shape index (κ3) is 22.2. The fourth-order valence-corrected chi connectivity index (χ4v) is 9.52. The molecule has 4 saturated heterocycles. The molecular formula is C39H81BrMgN4O16S4. The molecule has 0 unspecified atom stereocenters. The van der Waals surface area contributed by atoms with Crippen LogP contribution in [0.5, 0.6) is 0 Å². The third-order valence-electron chi connectivity index (χ3n) is 10.8. The molecule has 26 heteroatoms. The van der Waals surface area contributed by atoms with Crippen LogP contribution < -0.4 is 17.0 Å². The summed E-state index contributed by atoms with van der Waals surface area (Å²) >= 11 is 0. The predicted octanol–water partition coefficient (Wildman–Crippen LogP) is -3.10. The molecule has 4 heterocycles. The van der Waals surface area contributed by atoms with Gasteiger partial charge in [-0.05, 0) is 59.6 Å². The van der Waals surface area contributed by atoms with E-state index in [-0.39, 0.29) is 93.3 Å². The summed E-state index contributed by atoms with van der Waals surface area (Å²) < 4.78 is 115. The van der Waals surface area contributed by atoms with Crippen molar-refractivity contribution >= 4 is 63.1 Å². The molecule has 0 aromatic carbocycles. The molecule has 0 spiro atoms. The molecule has 0 saturated carbocycles. The van der Waals surface area contributed by atoms with Gasteiger partial charge in [0, 0.05) is 80.8 Å². The number of aliphatic hydroxyl groups is 4. The van der Waals surface area contributed by atoms with E-state index in [1.165, 1.54) is 61.7 Å². The Bertz CT molecular complexity index is 1950. The number of hydrogen-bond acceptors (Lipinski definition) is 16. The van der Waals surface area contributed by atoms with Gasteiger partial charge in [0.25, 0.3) is 0 Å². The van der Waals surface area contributed by atoms with Crippen molar-refractivity contribution in [2.45, 2.75) is 103 Å². The smallest absolute Gasteiger partial charge is 1.00 e. The maximum Gasteiger partial charge on any atom is 2.00 e. The average Bonchev–Trinajstić information content (AvgIpc) is 3.91. The van der Waals surface area contributed by atoms with Crippen molar-refractivity contribution in [2.75, 3.05) is 106 Å². The molecule has 4 fully saturated rings. The van der Waals surface area contributed by atoms with Gasteiger partial charge in [-0.15, -0.1) is 0 Å². The molecule has 0 aliphatic carbocycles. The van der Waals surface area contributed by atoms with Crippen LogP contribution in [0.15, 0.2) is 35.5 Å². The van der Waals surface area contributed by atoms with Crippen molar-refractivity contribution in [2.24, 2.45) is 0 Å². The van der Waals surface area contributed by atoms with Gasteiger partial charge in [0.15, 0.2) is 0 Å². The number of aliphatic hydroxyl groups excluding tert-OH is 1. The van der Waals surface area contributed by atoms with Gasteiger partial charge in [0.2, 0.25) is 40.1 Å². The minimum Gasteiger partial charge on any atom is -1.00 e. The number of nitrogens with zero attached hydrogens (tertiary/aromatic N) is 4. The van der Waals surface area contributed by atoms with Crippen LogP contribution >= 0.6 is 0 Å². The van der Waals surface area contributed by atoms with Gasteiger partial charge in [-0.2, -0.15) is 17.2 Å². The summed E-state index contributed by atoms with van der Waals surface area (Å²) in [5.74, 6) is 0. The van der Waals surface area contributed by atoms with Crippen molar-refractivity contribution in [3.05, 3.63) is 42.9 Å². The largest absolute Gasteiger partial charge is 2.00 e. The van der Waals surface area contributed by atoms with Crippen molar-refractivity contribution in [3.8, 4) is 0 Å². The van der Waals surface area contributed by atoms with Crippen molar-refractivity contribution < 1.29 is 90.0 Å². The minimum atomic E-state index is -3.39. The zero-order valence-electron chi connectivity index (χ0n) is 40.6. The number of hydrogen-bond donors (Lipinski definition) is 4. The van der Waals surface area contributed by atoms with Gasteiger partial charge in [-0.1, -0.05) is 31.7 Å². The van der Waals surface area contributed by atoms with Crippen LogP contribution in [0.1, 0.15) is 55.9 Å². The molecule has 4 aliphatic heterocycles. The summed E-state index contributed by atoms with van der Waals surface area (Å²) in [6.45, 7) is 17.6. The van der Waals surface area contributed by atoms with Gasteiger partial charge in [-0.25, -0.2) is 33.7 Å². The van der Waals surface area contributed by atoms with E-state index in [0.29, 0.717) is 26.2 Å². The molecule has 7 atom stereocenters. The minimum absolute atomic E-state index is 0. The molecule has 0 bridgehead atoms. The van der Waals surface area contributed by atoms with Crippen LogP contribution in [0.4, 0.5) is 0 Å². The van der Waals surface area contributed by atoms with Crippen LogP contribution in [0.2, 0.25) is 0 Å². The molecule has 65 heavy (non-hydrogen) atoms. The second-order valence-electron chi connectivity index (χ2n) is 16.2. The number of sulfonamides is 4. The van der Waals surface area contributed by atoms with Crippen LogP contribution in [-0.4, -0.2) is 248 Å². The van der Waals surface area contributed by atoms with Crippen LogP contribution in [0.3, 0.4) is 0 Å². The first-order valence-corrected chi connectivity index (χ1v) is 26.5. The van der Waals surface area contributed by atoms with E-state index < -0.39 is 75.2 Å². The Labute approximate surface area is 419 Å². The molecule has 0 aromatic rings. The van der Waals surface area contributed by atoms with E-state index in [4.69, 9.17) is 18.9 Å². The quantitative estimate of drug-likeness (QED) is 0.0960. The molecule has 4 N–H and O–H groups in total. The molecule has 0 amide bonds. The monoisotopic (exact) mass is 1090 g/mol. The summed E-state index contributed by atoms with van der Waals surface area (Å²) in [5.41, 5.74) is -1.32. The fraction of sp³-hybridized carbons (Fsp3) is 0.821. The molecule has 20 nitrogen and oxygen atoms in total. The topological polar surface area (TPSA) is 267 Å². The summed E-state index contributed by atoms with van der Waals surface area (Å²) in [7, 11) is -7.01. The zero-order chi connectivity index (χ0) is 48.3. The standard InChI is InChI=1S/C9H19NO5S.C8H17NO5S.C8H15NO3S.C7H13NO3S.C5H10.CH4.CH3.BrH.Mg/c1-8(2,11)9(12)6-10(16(4,13)14)5-7(9)15-3;1-6(10)8(11)5-9(15(3,12)13)4-7(8)14-2;1-4-7-5-9(13(3,10)11)6-8(7)12-2;1-6-4-8(12(3,9)10)5-7(6)11-2;1-4-5(2)3;;;;/h7,11-12H,5-6H2,1-4H3;6-7,10-11H,4-5H2,1-3H3;4,8H,5-6H2,1-3H3;7H,1,4-5H2,2-3H3;4H,1-3H3;1H4;1H3;1H;/q;;;;;;-1;;+2/p-1/b;;7-4+;;;;;;/t7-,9-;6-,7-,8+;8-;7-;;;;;/m0000...../s1. The van der Waals surface area contributed by atoms with Gasteiger partial charge in [-0.3, -0.25) is 0 Å². The zero-order valence-corrected chi connectivity index (χ0v) is 46.9. The van der Waals surface area contributed by atoms with Gasteiger partial charge in [0.05, 0.1) is 48.9 Å². The molecular weight excluding hydrogens is 1010 g/mol. The normalized spacial score (nSPS) is 27.6. The van der Waals surface area contributed by atoms with Crippen LogP contribution in [-0.2, 0) is 59.0 Å². The van der Waals surface area contributed by atoms with Gasteiger partial charge < -0.3 is 63.8 Å². The maximum atomic E-state index is 11.4. The predicted molar refractivity (Wildman–Crippen MR) is 254 cm³/mol. The average molecular weight is 1090 g/mol. The molecule has 4 rings (SSSR count). The number of halogens is 1. The second-order valence-corrected chi connectivity index (χ2v) is 24.1. The maximum absolute atomic E-state index is 11.4. The first kappa shape index (κ1) is 73.7. The van der Waals surface area contributed by atoms with Gasteiger partial charge in [0.1, 0.15) is 23.4 Å². The summed E-state index contributed by atoms with van der Waals surface area (Å²) in [5, 5.41) is 39.8. The Kier molecular flexibility index (Phi) is 33.9. The second kappa shape index (κ2) is 29.8. The van der Waals surface area contributed by atoms with E-state index in [2.05, 4.69) is 26.5 Å². The Morgan fingerprint density at radius 1 is 0.723 bits per heavy atom. The number of allylic oxidation sites excluding steroid dienone is 3. The Hall–Kier alpha value is -0.214. The summed E-state index contributed by atoms with van der Waals surface area (Å²) in [6, 6.07) is 0. The van der Waals surface area contributed by atoms with E-state index in [9.17, 15) is 54.1 Å². The first-order chi connectivity index (χ1) is 27.4. The number of rotatable bonds is 10. The van der Waals surface area contributed by atoms with E-state index in [0.717, 1.165) is 32.3 Å². The van der Waals surface area contributed by atoms with E-state index >= 15 is 0 Å². The SMILES string of the molecule is C.C/C=C1\CN(S(C)(=O)=O)C[C@@H]1OC.C=C1CN(S(C)(=O)=O)C[C@@H]1OC.CC=C(C)C.CO[C@H]1CN(S(C)(=O)=O)C[C@@]1(O)C(C)(C)O.CO[C@H]1CN(S(C)(=O)=O)C[C@@]1(O)[C@H](C)O.[Br-].[CH3-].[Mg+2]. The van der Waals surface area contributed by atoms with E-state index in [1.807, 2.05) is 19.9 Å². The number of β-amino-alcohol motifs (C(OH)–C–C–N with tert-alkyl or cyclic N) is 2. The van der Waals surface area contributed by atoms with Crippen molar-refractivity contribution in [3.63, 3.8) is 0 Å². The molecule has 0 aromatic heterocycles. The van der Waals surface area contributed by atoms with Crippen LogP contribution in [0.25, 0.3) is 0 Å². The third-order valence-corrected chi connectivity index (χ3v) is 15.6. The Morgan fingerprint density at radius 3 is 1.31 bits per heavy atom. The van der Waals surface area contributed by atoms with E-state index in [1.54, 1.807) is 14.2 Å². The van der Waals surface area contributed by atoms with Crippen molar-refractivity contribution in [1.29, 1.82) is 0 Å².